The number of amides is 1. The number of nitrogens with one attached hydrogen (secondary N) is 2. The van der Waals surface area contributed by atoms with Gasteiger partial charge in [0.25, 0.3) is 6.01 Å². The molecule has 2 aliphatic rings. The molecule has 3 N–H and O–H groups in total. The largest absolute Gasteiger partial charge is 0.425 e. The van der Waals surface area contributed by atoms with E-state index in [1.54, 1.807) is 18.2 Å². The number of hydrogen-bond donors (Lipinski definition) is 3. The Kier molecular flexibility index (Phi) is 5.21. The zero-order chi connectivity index (χ0) is 20.4. The van der Waals surface area contributed by atoms with Gasteiger partial charge in [0, 0.05) is 33.1 Å². The topological polar surface area (TPSA) is 90.6 Å². The number of nitrogens with zero attached hydrogens (tertiary/aromatic N) is 2. The molecule has 2 aromatic rings. The van der Waals surface area contributed by atoms with E-state index in [9.17, 15) is 9.90 Å². The second-order valence-corrected chi connectivity index (χ2v) is 7.11. The first-order valence-electron chi connectivity index (χ1n) is 9.54. The third kappa shape index (κ3) is 3.56. The van der Waals surface area contributed by atoms with Crippen LogP contribution in [0.2, 0.25) is 0 Å². The van der Waals surface area contributed by atoms with Gasteiger partial charge in [0.2, 0.25) is 11.6 Å². The summed E-state index contributed by atoms with van der Waals surface area (Å²) in [7, 11) is 0. The number of hydrogen-bond acceptors (Lipinski definition) is 6. The van der Waals surface area contributed by atoms with Crippen molar-refractivity contribution in [3.05, 3.63) is 65.7 Å². The normalized spacial score (nSPS) is 24.7. The standard InChI is InChI=1S/C21H23FN4O3/c1-14(27)25-17-8-7-16(15-5-3-2-4-6-15)19(28)21(17,22)18-13-24-20(29-18)26-11-9-23-10-12-26/h2-8,13,19,23,28H,9-12H2,1H3,(H,25,27). The van der Waals surface area contributed by atoms with Gasteiger partial charge in [0.1, 0.15) is 6.10 Å². The lowest BCUT2D eigenvalue weighted by Crippen LogP contribution is -2.45. The summed E-state index contributed by atoms with van der Waals surface area (Å²) in [5.41, 5.74) is -1.49. The molecule has 152 valence electrons. The first kappa shape index (κ1) is 19.4. The fraction of sp³-hybridized carbons (Fsp3) is 0.333. The number of halogens is 1. The highest BCUT2D eigenvalue weighted by Gasteiger charge is 2.51. The molecule has 1 aliphatic carbocycles. The lowest BCUT2D eigenvalue weighted by Gasteiger charge is -2.35. The fourth-order valence-corrected chi connectivity index (χ4v) is 3.66. The summed E-state index contributed by atoms with van der Waals surface area (Å²) in [5.74, 6) is -0.594. The van der Waals surface area contributed by atoms with Crippen LogP contribution in [0, 0.1) is 0 Å². The summed E-state index contributed by atoms with van der Waals surface area (Å²) in [6.45, 7) is 4.21. The summed E-state index contributed by atoms with van der Waals surface area (Å²) in [6.07, 6.45) is 2.77. The Balaban J connectivity index is 1.74. The Bertz CT molecular complexity index is 950. The van der Waals surface area contributed by atoms with Crippen LogP contribution in [0.4, 0.5) is 10.4 Å². The molecule has 2 unspecified atom stereocenters. The number of anilines is 1. The summed E-state index contributed by atoms with van der Waals surface area (Å²) >= 11 is 0. The number of carbonyl (C=O) groups excluding carboxylic acids is 1. The fourth-order valence-electron chi connectivity index (χ4n) is 3.66. The quantitative estimate of drug-likeness (QED) is 0.727. The van der Waals surface area contributed by atoms with Crippen molar-refractivity contribution >= 4 is 17.5 Å². The van der Waals surface area contributed by atoms with Gasteiger partial charge < -0.3 is 25.1 Å². The van der Waals surface area contributed by atoms with E-state index in [2.05, 4.69) is 15.6 Å². The molecule has 29 heavy (non-hydrogen) atoms. The van der Waals surface area contributed by atoms with Crippen LogP contribution in [-0.2, 0) is 10.5 Å². The van der Waals surface area contributed by atoms with Gasteiger partial charge >= 0.3 is 0 Å². The third-order valence-corrected chi connectivity index (χ3v) is 5.15. The molecule has 0 bridgehead atoms. The highest BCUT2D eigenvalue weighted by Crippen LogP contribution is 2.45. The van der Waals surface area contributed by atoms with Crippen molar-refractivity contribution in [2.75, 3.05) is 31.1 Å². The monoisotopic (exact) mass is 398 g/mol. The minimum Gasteiger partial charge on any atom is -0.425 e. The van der Waals surface area contributed by atoms with Crippen LogP contribution in [0.1, 0.15) is 18.2 Å². The maximum atomic E-state index is 16.5. The minimum absolute atomic E-state index is 0.0832. The third-order valence-electron chi connectivity index (χ3n) is 5.15. The van der Waals surface area contributed by atoms with Gasteiger partial charge in [0.15, 0.2) is 5.76 Å². The second kappa shape index (κ2) is 7.81. The van der Waals surface area contributed by atoms with Crippen molar-refractivity contribution < 1.29 is 18.7 Å². The molecule has 0 spiro atoms. The Morgan fingerprint density at radius 3 is 2.72 bits per heavy atom. The number of piperazine rings is 1. The zero-order valence-corrected chi connectivity index (χ0v) is 16.1. The van der Waals surface area contributed by atoms with E-state index in [0.29, 0.717) is 30.2 Å². The number of benzene rings is 1. The van der Waals surface area contributed by atoms with Crippen molar-refractivity contribution in [1.82, 2.24) is 15.6 Å². The summed E-state index contributed by atoms with van der Waals surface area (Å²) in [4.78, 5) is 17.8. The summed E-state index contributed by atoms with van der Waals surface area (Å²) in [5, 5.41) is 16.8. The number of aromatic nitrogens is 1. The number of carbonyl (C=O) groups is 1. The molecule has 4 rings (SSSR count). The van der Waals surface area contributed by atoms with Gasteiger partial charge in [-0.1, -0.05) is 36.4 Å². The molecule has 1 aliphatic heterocycles. The highest BCUT2D eigenvalue weighted by atomic mass is 19.1. The van der Waals surface area contributed by atoms with Gasteiger partial charge in [-0.25, -0.2) is 9.37 Å². The number of aliphatic hydroxyl groups is 1. The van der Waals surface area contributed by atoms with Gasteiger partial charge in [-0.3, -0.25) is 4.79 Å². The predicted molar refractivity (Wildman–Crippen MR) is 107 cm³/mol. The summed E-state index contributed by atoms with van der Waals surface area (Å²) in [6, 6.07) is 9.35. The van der Waals surface area contributed by atoms with E-state index in [-0.39, 0.29) is 11.5 Å². The van der Waals surface area contributed by atoms with Gasteiger partial charge in [-0.05, 0) is 17.2 Å². The molecular formula is C21H23FN4O3. The van der Waals surface area contributed by atoms with Crippen LogP contribution in [0.5, 0.6) is 0 Å². The Labute approximate surface area is 167 Å². The lowest BCUT2D eigenvalue weighted by atomic mass is 9.81. The lowest BCUT2D eigenvalue weighted by molar-refractivity contribution is -0.119. The molecule has 1 amide bonds. The second-order valence-electron chi connectivity index (χ2n) is 7.11. The minimum atomic E-state index is -2.48. The van der Waals surface area contributed by atoms with Crippen molar-refractivity contribution in [2.45, 2.75) is 18.7 Å². The molecule has 1 fully saturated rings. The number of rotatable bonds is 4. The van der Waals surface area contributed by atoms with Crippen LogP contribution in [0.15, 0.2) is 58.8 Å². The Morgan fingerprint density at radius 1 is 1.31 bits per heavy atom. The summed E-state index contributed by atoms with van der Waals surface area (Å²) < 4.78 is 22.3. The molecule has 0 saturated carbocycles. The van der Waals surface area contributed by atoms with Crippen molar-refractivity contribution in [3.63, 3.8) is 0 Å². The molecular weight excluding hydrogens is 375 g/mol. The maximum absolute atomic E-state index is 16.5. The SMILES string of the molecule is CC(=O)NC1=CC=C(c2ccccc2)C(O)C1(F)c1cnc(N2CCNCC2)o1. The first-order valence-corrected chi connectivity index (χ1v) is 9.54. The predicted octanol–water partition coefficient (Wildman–Crippen LogP) is 1.73. The molecule has 1 saturated heterocycles. The molecule has 8 heteroatoms. The van der Waals surface area contributed by atoms with E-state index >= 15 is 4.39 Å². The Morgan fingerprint density at radius 2 is 2.03 bits per heavy atom. The van der Waals surface area contributed by atoms with Crippen molar-refractivity contribution in [3.8, 4) is 0 Å². The maximum Gasteiger partial charge on any atom is 0.297 e. The van der Waals surface area contributed by atoms with Gasteiger partial charge in [0.05, 0.1) is 11.9 Å². The molecule has 0 radical (unpaired) electrons. The number of oxazole rings is 1. The van der Waals surface area contributed by atoms with E-state index in [4.69, 9.17) is 4.42 Å². The van der Waals surface area contributed by atoms with E-state index in [0.717, 1.165) is 13.1 Å². The smallest absolute Gasteiger partial charge is 0.297 e. The van der Waals surface area contributed by atoms with Crippen molar-refractivity contribution in [2.24, 2.45) is 0 Å². The zero-order valence-electron chi connectivity index (χ0n) is 16.1. The Hall–Kier alpha value is -2.97. The van der Waals surface area contributed by atoms with Gasteiger partial charge in [-0.2, -0.15) is 0 Å². The molecule has 1 aromatic carbocycles. The van der Waals surface area contributed by atoms with Crippen LogP contribution in [-0.4, -0.2) is 48.3 Å². The van der Waals surface area contributed by atoms with Crippen LogP contribution in [0.3, 0.4) is 0 Å². The molecule has 1 aromatic heterocycles. The van der Waals surface area contributed by atoms with Crippen LogP contribution in [0.25, 0.3) is 5.57 Å². The van der Waals surface area contributed by atoms with E-state index in [1.165, 1.54) is 19.2 Å². The average Bonchev–Trinajstić information content (AvgIpc) is 3.23. The number of aliphatic hydroxyl groups excluding tert-OH is 1. The van der Waals surface area contributed by atoms with E-state index < -0.39 is 17.7 Å². The highest BCUT2D eigenvalue weighted by molar-refractivity contribution is 5.79. The van der Waals surface area contributed by atoms with Crippen LogP contribution < -0.4 is 15.5 Å². The van der Waals surface area contributed by atoms with E-state index in [1.807, 2.05) is 23.1 Å². The van der Waals surface area contributed by atoms with Crippen molar-refractivity contribution in [1.29, 1.82) is 0 Å². The van der Waals surface area contributed by atoms with Gasteiger partial charge in [-0.15, -0.1) is 0 Å². The first-order chi connectivity index (χ1) is 14.0. The molecule has 2 heterocycles. The number of alkyl halides is 1. The van der Waals surface area contributed by atoms with Crippen LogP contribution >= 0.6 is 0 Å². The number of allylic oxidation sites excluding steroid dienone is 2. The molecule has 2 atom stereocenters. The average molecular weight is 398 g/mol. The molecule has 7 nitrogen and oxygen atoms in total.